The first kappa shape index (κ1) is 17.8. The van der Waals surface area contributed by atoms with E-state index in [2.05, 4.69) is 54.9 Å². The Labute approximate surface area is 142 Å². The molecule has 2 nitrogen and oxygen atoms in total. The van der Waals surface area contributed by atoms with E-state index in [4.69, 9.17) is 4.98 Å². The van der Waals surface area contributed by atoms with Crippen molar-refractivity contribution >= 4 is 0 Å². The van der Waals surface area contributed by atoms with Gasteiger partial charge in [-0.3, -0.25) is 0 Å². The van der Waals surface area contributed by atoms with Gasteiger partial charge in [0.25, 0.3) is 0 Å². The van der Waals surface area contributed by atoms with Gasteiger partial charge in [-0.15, -0.1) is 0 Å². The van der Waals surface area contributed by atoms with Crippen LogP contribution >= 0.6 is 0 Å². The maximum Gasteiger partial charge on any atom is 0.108 e. The highest BCUT2D eigenvalue weighted by molar-refractivity contribution is 5.15. The zero-order valence-corrected chi connectivity index (χ0v) is 14.9. The Kier molecular flexibility index (Phi) is 7.92. The zero-order chi connectivity index (χ0) is 16.3. The summed E-state index contributed by atoms with van der Waals surface area (Å²) in [6, 6.07) is 10.8. The fraction of sp³-hybridized carbons (Fsp3) is 0.571. The van der Waals surface area contributed by atoms with Crippen molar-refractivity contribution in [2.45, 2.75) is 78.2 Å². The predicted octanol–water partition coefficient (Wildman–Crippen LogP) is 5.59. The van der Waals surface area contributed by atoms with Crippen LogP contribution in [0.25, 0.3) is 0 Å². The number of hydrogen-bond acceptors (Lipinski definition) is 1. The number of unbranched alkanes of at least 4 members (excludes halogenated alkanes) is 3. The molecule has 0 atom stereocenters. The molecule has 1 heterocycles. The van der Waals surface area contributed by atoms with Gasteiger partial charge in [0.15, 0.2) is 0 Å². The quantitative estimate of drug-likeness (QED) is 0.494. The van der Waals surface area contributed by atoms with E-state index in [1.165, 1.54) is 55.6 Å². The molecule has 0 saturated heterocycles. The topological polar surface area (TPSA) is 17.8 Å². The van der Waals surface area contributed by atoms with Crippen LogP contribution in [0.4, 0.5) is 0 Å². The predicted molar refractivity (Wildman–Crippen MR) is 98.8 cm³/mol. The second kappa shape index (κ2) is 10.3. The summed E-state index contributed by atoms with van der Waals surface area (Å²) in [5, 5.41) is 0. The highest BCUT2D eigenvalue weighted by Crippen LogP contribution is 2.13. The third-order valence-electron chi connectivity index (χ3n) is 4.37. The lowest BCUT2D eigenvalue weighted by Crippen LogP contribution is -2.02. The normalized spacial score (nSPS) is 11.0. The van der Waals surface area contributed by atoms with Crippen molar-refractivity contribution in [2.24, 2.45) is 0 Å². The van der Waals surface area contributed by atoms with Gasteiger partial charge in [-0.05, 0) is 37.7 Å². The minimum atomic E-state index is 1.09. The summed E-state index contributed by atoms with van der Waals surface area (Å²) in [4.78, 5) is 4.92. The lowest BCUT2D eigenvalue weighted by molar-refractivity contribution is 0.598. The van der Waals surface area contributed by atoms with E-state index in [1.54, 1.807) is 0 Å². The van der Waals surface area contributed by atoms with Crippen molar-refractivity contribution < 1.29 is 0 Å². The van der Waals surface area contributed by atoms with Gasteiger partial charge in [0, 0.05) is 19.2 Å². The molecular weight excluding hydrogens is 280 g/mol. The van der Waals surface area contributed by atoms with Crippen LogP contribution in [0.2, 0.25) is 0 Å². The molecule has 0 unspecified atom stereocenters. The second-order valence-corrected chi connectivity index (χ2v) is 6.49. The molecule has 0 radical (unpaired) electrons. The smallest absolute Gasteiger partial charge is 0.108 e. The van der Waals surface area contributed by atoms with Crippen molar-refractivity contribution in [2.75, 3.05) is 0 Å². The first-order valence-corrected chi connectivity index (χ1v) is 9.42. The van der Waals surface area contributed by atoms with Crippen molar-refractivity contribution in [1.82, 2.24) is 9.55 Å². The van der Waals surface area contributed by atoms with Gasteiger partial charge < -0.3 is 4.57 Å². The van der Waals surface area contributed by atoms with Crippen LogP contribution in [-0.4, -0.2) is 9.55 Å². The van der Waals surface area contributed by atoms with Crippen LogP contribution < -0.4 is 0 Å². The number of hydrogen-bond donors (Lipinski definition) is 0. The molecule has 0 aliphatic carbocycles. The summed E-state index contributed by atoms with van der Waals surface area (Å²) in [6.07, 6.45) is 13.3. The summed E-state index contributed by atoms with van der Waals surface area (Å²) < 4.78 is 2.39. The Morgan fingerprint density at radius 2 is 1.65 bits per heavy atom. The molecule has 0 fully saturated rings. The summed E-state index contributed by atoms with van der Waals surface area (Å²) in [5.41, 5.74) is 2.71. The molecule has 126 valence electrons. The number of aryl methyl sites for hydroxylation is 4. The van der Waals surface area contributed by atoms with Crippen LogP contribution in [0.1, 0.15) is 69.5 Å². The van der Waals surface area contributed by atoms with E-state index in [0.717, 1.165) is 25.8 Å². The molecule has 0 amide bonds. The lowest BCUT2D eigenvalue weighted by Gasteiger charge is -2.05. The van der Waals surface area contributed by atoms with Gasteiger partial charge >= 0.3 is 0 Å². The van der Waals surface area contributed by atoms with Crippen molar-refractivity contribution in [3.8, 4) is 0 Å². The Morgan fingerprint density at radius 1 is 0.826 bits per heavy atom. The number of aromatic nitrogens is 2. The molecule has 0 saturated carbocycles. The van der Waals surface area contributed by atoms with Crippen LogP contribution in [0.15, 0.2) is 36.5 Å². The Hall–Kier alpha value is -1.57. The molecule has 0 bridgehead atoms. The van der Waals surface area contributed by atoms with E-state index in [9.17, 15) is 0 Å². The van der Waals surface area contributed by atoms with Crippen molar-refractivity contribution in [3.63, 3.8) is 0 Å². The maximum absolute atomic E-state index is 4.92. The molecule has 0 aliphatic rings. The molecule has 2 rings (SSSR count). The van der Waals surface area contributed by atoms with E-state index >= 15 is 0 Å². The Balaban J connectivity index is 1.85. The average Bonchev–Trinajstić information content (AvgIpc) is 2.95. The van der Waals surface area contributed by atoms with Gasteiger partial charge in [0.05, 0.1) is 5.69 Å². The van der Waals surface area contributed by atoms with Crippen LogP contribution in [0.3, 0.4) is 0 Å². The molecule has 0 N–H and O–H groups in total. The summed E-state index contributed by atoms with van der Waals surface area (Å²) in [7, 11) is 0. The first-order valence-electron chi connectivity index (χ1n) is 9.42. The molecule has 2 aromatic rings. The van der Waals surface area contributed by atoms with Crippen molar-refractivity contribution in [3.05, 3.63) is 53.6 Å². The summed E-state index contributed by atoms with van der Waals surface area (Å²) >= 11 is 0. The Morgan fingerprint density at radius 3 is 2.39 bits per heavy atom. The second-order valence-electron chi connectivity index (χ2n) is 6.49. The largest absolute Gasteiger partial charge is 0.335 e. The fourth-order valence-electron chi connectivity index (χ4n) is 3.10. The number of benzene rings is 1. The fourth-order valence-corrected chi connectivity index (χ4v) is 3.10. The number of imidazole rings is 1. The van der Waals surface area contributed by atoms with E-state index < -0.39 is 0 Å². The molecule has 1 aromatic carbocycles. The van der Waals surface area contributed by atoms with Crippen molar-refractivity contribution in [1.29, 1.82) is 0 Å². The van der Waals surface area contributed by atoms with Crippen LogP contribution in [0.5, 0.6) is 0 Å². The molecule has 0 spiro atoms. The summed E-state index contributed by atoms with van der Waals surface area (Å²) in [6.45, 7) is 5.62. The number of rotatable bonds is 11. The molecule has 23 heavy (non-hydrogen) atoms. The monoisotopic (exact) mass is 312 g/mol. The maximum atomic E-state index is 4.92. The first-order chi connectivity index (χ1) is 11.3. The van der Waals surface area contributed by atoms with Crippen LogP contribution in [0, 0.1) is 0 Å². The van der Waals surface area contributed by atoms with Gasteiger partial charge in [-0.1, -0.05) is 63.4 Å². The molecular formula is C21H32N2. The molecule has 0 aliphatic heterocycles. The molecule has 2 heteroatoms. The minimum Gasteiger partial charge on any atom is -0.335 e. The van der Waals surface area contributed by atoms with Gasteiger partial charge in [0.1, 0.15) is 5.82 Å². The SMILES string of the molecule is CCCCCCc1nc(CCCc2ccccc2)cn1CCC. The highest BCUT2D eigenvalue weighted by atomic mass is 15.1. The van der Waals surface area contributed by atoms with Gasteiger partial charge in [0.2, 0.25) is 0 Å². The average molecular weight is 313 g/mol. The van der Waals surface area contributed by atoms with Gasteiger partial charge in [-0.25, -0.2) is 4.98 Å². The highest BCUT2D eigenvalue weighted by Gasteiger charge is 2.07. The van der Waals surface area contributed by atoms with Gasteiger partial charge in [-0.2, -0.15) is 0 Å². The number of nitrogens with zero attached hydrogens (tertiary/aromatic N) is 2. The van der Waals surface area contributed by atoms with E-state index in [1.807, 2.05) is 0 Å². The third kappa shape index (κ3) is 6.21. The standard InChI is InChI=1S/C21H32N2/c1-3-5-6-10-16-21-22-20(18-23(21)17-4-2)15-11-14-19-12-8-7-9-13-19/h7-9,12-13,18H,3-6,10-11,14-17H2,1-2H3. The van der Waals surface area contributed by atoms with E-state index in [-0.39, 0.29) is 0 Å². The lowest BCUT2D eigenvalue weighted by atomic mass is 10.1. The van der Waals surface area contributed by atoms with Crippen LogP contribution in [-0.2, 0) is 25.8 Å². The summed E-state index contributed by atoms with van der Waals surface area (Å²) in [5.74, 6) is 1.30. The zero-order valence-electron chi connectivity index (χ0n) is 14.9. The minimum absolute atomic E-state index is 1.09. The van der Waals surface area contributed by atoms with E-state index in [0.29, 0.717) is 0 Å². The third-order valence-corrected chi connectivity index (χ3v) is 4.37. The Bertz CT molecular complexity index is 542. The molecule has 1 aromatic heterocycles.